The molecule has 0 aliphatic carbocycles. The average molecular weight is 339 g/mol. The van der Waals surface area contributed by atoms with Gasteiger partial charge in [-0.25, -0.2) is 4.79 Å². The number of aliphatic hydroxyl groups excluding tert-OH is 4. The third-order valence-electron chi connectivity index (χ3n) is 3.46. The molecule has 1 rings (SSSR count). The molecule has 134 valence electrons. The lowest BCUT2D eigenvalue weighted by Gasteiger charge is -2.44. The van der Waals surface area contributed by atoms with Crippen LogP contribution in [0.4, 0.5) is 0 Å². The van der Waals surface area contributed by atoms with Gasteiger partial charge >= 0.3 is 5.97 Å². The van der Waals surface area contributed by atoms with Crippen LogP contribution in [0, 0.1) is 0 Å². The van der Waals surface area contributed by atoms with Gasteiger partial charge in [0.05, 0.1) is 18.8 Å². The van der Waals surface area contributed by atoms with E-state index < -0.39 is 61.1 Å². The van der Waals surface area contributed by atoms with Gasteiger partial charge in [0.2, 0.25) is 5.91 Å². The van der Waals surface area contributed by atoms with Gasteiger partial charge in [-0.05, 0) is 0 Å². The van der Waals surface area contributed by atoms with Crippen molar-refractivity contribution < 1.29 is 49.7 Å². The van der Waals surface area contributed by atoms with Crippen LogP contribution in [0.15, 0.2) is 0 Å². The number of aliphatic hydroxyl groups is 5. The second-order valence-corrected chi connectivity index (χ2v) is 5.21. The maximum Gasteiger partial charge on any atom is 0.364 e. The van der Waals surface area contributed by atoms with Gasteiger partial charge in [0.1, 0.15) is 24.9 Å². The summed E-state index contributed by atoms with van der Waals surface area (Å²) in [6, 6.07) is -1.37. The van der Waals surface area contributed by atoms with Crippen molar-refractivity contribution >= 4 is 11.9 Å². The topological polar surface area (TPSA) is 186 Å². The predicted octanol–water partition coefficient (Wildman–Crippen LogP) is -4.25. The van der Waals surface area contributed by atoms with Gasteiger partial charge in [0.25, 0.3) is 5.79 Å². The number of nitrogens with one attached hydrogen (secondary N) is 1. The Kier molecular flexibility index (Phi) is 6.83. The van der Waals surface area contributed by atoms with Crippen LogP contribution in [0.25, 0.3) is 0 Å². The van der Waals surface area contributed by atoms with E-state index in [1.54, 1.807) is 0 Å². The van der Waals surface area contributed by atoms with E-state index in [9.17, 15) is 30.0 Å². The van der Waals surface area contributed by atoms with Crippen molar-refractivity contribution in [1.82, 2.24) is 5.32 Å². The minimum absolute atomic E-state index is 0.344. The Morgan fingerprint density at radius 2 is 2.04 bits per heavy atom. The Morgan fingerprint density at radius 1 is 1.43 bits per heavy atom. The first-order chi connectivity index (χ1) is 10.7. The zero-order valence-corrected chi connectivity index (χ0v) is 12.3. The molecule has 1 saturated heterocycles. The van der Waals surface area contributed by atoms with E-state index in [1.807, 2.05) is 0 Å². The fraction of sp³-hybridized carbons (Fsp3) is 0.833. The lowest BCUT2D eigenvalue weighted by Crippen LogP contribution is -2.67. The van der Waals surface area contributed by atoms with E-state index in [4.69, 9.17) is 14.9 Å². The number of methoxy groups -OCH3 is 1. The molecule has 0 aromatic carbocycles. The number of carbonyl (C=O) groups is 2. The van der Waals surface area contributed by atoms with Crippen LogP contribution >= 0.6 is 0 Å². The molecule has 11 nitrogen and oxygen atoms in total. The lowest BCUT2D eigenvalue weighted by molar-refractivity contribution is -0.295. The summed E-state index contributed by atoms with van der Waals surface area (Å²) in [5, 5.41) is 59.6. The number of ether oxygens (including phenoxy) is 2. The molecule has 0 aromatic heterocycles. The predicted molar refractivity (Wildman–Crippen MR) is 71.0 cm³/mol. The first-order valence-electron chi connectivity index (χ1n) is 6.73. The number of aliphatic carboxylic acids is 1. The van der Waals surface area contributed by atoms with Crippen LogP contribution < -0.4 is 5.32 Å². The molecule has 7 N–H and O–H groups in total. The number of carboxylic acids is 1. The monoisotopic (exact) mass is 339 g/mol. The Hall–Kier alpha value is -1.34. The van der Waals surface area contributed by atoms with Gasteiger partial charge < -0.3 is 45.4 Å². The zero-order valence-electron chi connectivity index (χ0n) is 12.3. The summed E-state index contributed by atoms with van der Waals surface area (Å²) in [7, 11) is 1.24. The maximum atomic E-state index is 11.3. The molecule has 1 heterocycles. The Labute approximate surface area is 131 Å². The third-order valence-corrected chi connectivity index (χ3v) is 3.46. The largest absolute Gasteiger partial charge is 0.477 e. The molecule has 0 spiro atoms. The fourth-order valence-electron chi connectivity index (χ4n) is 2.29. The molecule has 3 unspecified atom stereocenters. The van der Waals surface area contributed by atoms with Gasteiger partial charge in [-0.1, -0.05) is 0 Å². The Bertz CT molecular complexity index is 432. The van der Waals surface area contributed by atoms with Gasteiger partial charge in [-0.2, -0.15) is 0 Å². The minimum atomic E-state index is -2.81. The second kappa shape index (κ2) is 7.97. The standard InChI is InChI=1S/C12H21NO10/c1-22-4-6(16)9(18)10-8(13-7(17)3-14)5(15)2-12(21,23-10)11(19)20/h5-6,8-10,14-16,18,21H,2-4H2,1H3,(H,13,17)(H,19,20)/t5-,6?,8+,9?,10+,12?/m0/s1. The number of hydrogen-bond donors (Lipinski definition) is 7. The van der Waals surface area contributed by atoms with E-state index in [0.29, 0.717) is 0 Å². The third kappa shape index (κ3) is 4.57. The van der Waals surface area contributed by atoms with Gasteiger partial charge in [0, 0.05) is 13.5 Å². The number of rotatable bonds is 7. The summed E-state index contributed by atoms with van der Waals surface area (Å²) < 4.78 is 9.57. The highest BCUT2D eigenvalue weighted by atomic mass is 16.7. The van der Waals surface area contributed by atoms with E-state index in [2.05, 4.69) is 10.1 Å². The molecule has 0 saturated carbocycles. The molecule has 1 aliphatic rings. The molecule has 0 bridgehead atoms. The molecule has 1 amide bonds. The highest BCUT2D eigenvalue weighted by Gasteiger charge is 2.53. The fourth-order valence-corrected chi connectivity index (χ4v) is 2.29. The van der Waals surface area contributed by atoms with Crippen molar-refractivity contribution in [2.75, 3.05) is 20.3 Å². The summed E-state index contributed by atoms with van der Waals surface area (Å²) in [6.07, 6.45) is -7.40. The molecule has 0 radical (unpaired) electrons. The number of amides is 1. The normalized spacial score (nSPS) is 33.7. The first kappa shape index (κ1) is 19.7. The molecular weight excluding hydrogens is 318 g/mol. The van der Waals surface area contributed by atoms with Crippen LogP contribution in [0.3, 0.4) is 0 Å². The molecule has 6 atom stereocenters. The van der Waals surface area contributed by atoms with Crippen molar-refractivity contribution in [3.63, 3.8) is 0 Å². The highest BCUT2D eigenvalue weighted by molar-refractivity contribution is 5.78. The van der Waals surface area contributed by atoms with Crippen LogP contribution in [0.5, 0.6) is 0 Å². The summed E-state index contributed by atoms with van der Waals surface area (Å²) in [5.41, 5.74) is 0. The van der Waals surface area contributed by atoms with E-state index in [1.165, 1.54) is 7.11 Å². The Morgan fingerprint density at radius 3 is 2.52 bits per heavy atom. The highest BCUT2D eigenvalue weighted by Crippen LogP contribution is 2.30. The van der Waals surface area contributed by atoms with Gasteiger partial charge in [-0.3, -0.25) is 4.79 Å². The molecule has 1 aliphatic heterocycles. The van der Waals surface area contributed by atoms with Crippen LogP contribution in [-0.4, -0.2) is 99.1 Å². The maximum absolute atomic E-state index is 11.3. The van der Waals surface area contributed by atoms with E-state index in [0.717, 1.165) is 0 Å². The van der Waals surface area contributed by atoms with Crippen molar-refractivity contribution in [1.29, 1.82) is 0 Å². The van der Waals surface area contributed by atoms with Crippen LogP contribution in [0.1, 0.15) is 6.42 Å². The summed E-state index contributed by atoms with van der Waals surface area (Å²) >= 11 is 0. The Balaban J connectivity index is 3.06. The summed E-state index contributed by atoms with van der Waals surface area (Å²) in [4.78, 5) is 22.4. The van der Waals surface area contributed by atoms with Gasteiger partial charge in [-0.15, -0.1) is 0 Å². The van der Waals surface area contributed by atoms with Crippen molar-refractivity contribution in [3.8, 4) is 0 Å². The quantitative estimate of drug-likeness (QED) is 0.239. The van der Waals surface area contributed by atoms with E-state index >= 15 is 0 Å². The summed E-state index contributed by atoms with van der Waals surface area (Å²) in [5.74, 6) is -5.53. The van der Waals surface area contributed by atoms with Crippen molar-refractivity contribution in [3.05, 3.63) is 0 Å². The zero-order chi connectivity index (χ0) is 17.8. The van der Waals surface area contributed by atoms with Crippen molar-refractivity contribution in [2.24, 2.45) is 0 Å². The SMILES string of the molecule is COCC(O)C(O)[C@@H]1OC(O)(C(=O)O)C[C@H](O)[C@H]1NC(=O)CO. The number of carbonyl (C=O) groups excluding carboxylic acids is 1. The molecule has 0 aromatic rings. The number of hydrogen-bond acceptors (Lipinski definition) is 9. The first-order valence-corrected chi connectivity index (χ1v) is 6.73. The summed E-state index contributed by atoms with van der Waals surface area (Å²) in [6.45, 7) is -1.26. The smallest absolute Gasteiger partial charge is 0.364 e. The number of carboxylic acid groups (broad SMARTS) is 1. The van der Waals surface area contributed by atoms with Crippen LogP contribution in [-0.2, 0) is 19.1 Å². The van der Waals surface area contributed by atoms with Gasteiger partial charge in [0.15, 0.2) is 0 Å². The second-order valence-electron chi connectivity index (χ2n) is 5.21. The minimum Gasteiger partial charge on any atom is -0.477 e. The molecule has 23 heavy (non-hydrogen) atoms. The van der Waals surface area contributed by atoms with Crippen LogP contribution in [0.2, 0.25) is 0 Å². The molecular formula is C12H21NO10. The molecule has 11 heteroatoms. The van der Waals surface area contributed by atoms with Crippen molar-refractivity contribution in [2.45, 2.75) is 42.7 Å². The lowest BCUT2D eigenvalue weighted by atomic mass is 9.88. The van der Waals surface area contributed by atoms with E-state index in [-0.39, 0.29) is 6.61 Å². The molecule has 1 fully saturated rings. The average Bonchev–Trinajstić information content (AvgIpc) is 2.48.